The van der Waals surface area contributed by atoms with Gasteiger partial charge >= 0.3 is 0 Å². The Morgan fingerprint density at radius 2 is 2.30 bits per heavy atom. The largest absolute Gasteiger partial charge is 0.326 e. The smallest absolute Gasteiger partial charge is 0.228 e. The number of hydrogen-bond acceptors (Lipinski definition) is 5. The lowest BCUT2D eigenvalue weighted by molar-refractivity contribution is -0.120. The molecule has 1 amide bonds. The molecule has 1 aromatic heterocycles. The summed E-state index contributed by atoms with van der Waals surface area (Å²) in [5, 5.41) is 17.0. The fraction of sp³-hybridized carbons (Fsp3) is 0.429. The van der Waals surface area contributed by atoms with Gasteiger partial charge in [-0.3, -0.25) is 4.79 Å². The van der Waals surface area contributed by atoms with E-state index in [0.29, 0.717) is 18.1 Å². The molecule has 0 radical (unpaired) electrons. The number of rotatable bonds is 3. The van der Waals surface area contributed by atoms with Crippen LogP contribution in [0.2, 0.25) is 0 Å². The molecule has 2 heterocycles. The highest BCUT2D eigenvalue weighted by Crippen LogP contribution is 2.20. The van der Waals surface area contributed by atoms with Crippen molar-refractivity contribution in [1.82, 2.24) is 25.5 Å². The number of halogens is 2. The Morgan fingerprint density at radius 3 is 2.96 bits per heavy atom. The highest BCUT2D eigenvalue weighted by Gasteiger charge is 2.21. The molecular weight excluding hydrogens is 323 g/mol. The minimum atomic E-state index is -0.451. The van der Waals surface area contributed by atoms with Crippen molar-refractivity contribution in [2.45, 2.75) is 19.8 Å². The number of nitrogens with one attached hydrogen (secondary N) is 2. The van der Waals surface area contributed by atoms with Gasteiger partial charge in [-0.25, -0.2) is 4.39 Å². The molecule has 1 fully saturated rings. The highest BCUT2D eigenvalue weighted by atomic mass is 35.5. The van der Waals surface area contributed by atoms with Crippen molar-refractivity contribution in [3.8, 4) is 5.69 Å². The maximum Gasteiger partial charge on any atom is 0.228 e. The summed E-state index contributed by atoms with van der Waals surface area (Å²) in [5.41, 5.74) is 0.740. The van der Waals surface area contributed by atoms with Crippen LogP contribution >= 0.6 is 12.4 Å². The van der Waals surface area contributed by atoms with Gasteiger partial charge < -0.3 is 10.6 Å². The summed E-state index contributed by atoms with van der Waals surface area (Å²) in [6.45, 7) is 3.30. The zero-order chi connectivity index (χ0) is 15.5. The molecular formula is C14H18ClFN6O. The lowest BCUT2D eigenvalue weighted by atomic mass is 9.99. The Bertz CT molecular complexity index is 686. The molecule has 23 heavy (non-hydrogen) atoms. The quantitative estimate of drug-likeness (QED) is 0.884. The summed E-state index contributed by atoms with van der Waals surface area (Å²) in [4.78, 5) is 12.2. The number of carbonyl (C=O) groups is 1. The van der Waals surface area contributed by atoms with Crippen LogP contribution in [0.25, 0.3) is 5.69 Å². The number of carbonyl (C=O) groups excluding carboxylic acids is 1. The van der Waals surface area contributed by atoms with E-state index in [2.05, 4.69) is 26.2 Å². The molecule has 1 unspecified atom stereocenters. The second-order valence-corrected chi connectivity index (χ2v) is 5.34. The third-order valence-electron chi connectivity index (χ3n) is 3.73. The predicted octanol–water partition coefficient (Wildman–Crippen LogP) is 1.47. The first kappa shape index (κ1) is 17.3. The minimum Gasteiger partial charge on any atom is -0.326 e. The standard InChI is InChI=1S/C14H17FN6O.ClH/c1-9-18-19-20-21(9)13-7-11(4-5-12(13)15)17-14(22)10-3-2-6-16-8-10;/h4-5,7,10,16H,2-3,6,8H2,1H3,(H,17,22);1H. The first-order valence-corrected chi connectivity index (χ1v) is 7.21. The number of piperidine rings is 1. The van der Waals surface area contributed by atoms with Crippen LogP contribution in [0.4, 0.5) is 10.1 Å². The first-order chi connectivity index (χ1) is 10.6. The number of aromatic nitrogens is 4. The molecule has 0 saturated carbocycles. The fourth-order valence-electron chi connectivity index (χ4n) is 2.53. The second-order valence-electron chi connectivity index (χ2n) is 5.34. The summed E-state index contributed by atoms with van der Waals surface area (Å²) >= 11 is 0. The molecule has 2 aromatic rings. The van der Waals surface area contributed by atoms with Crippen LogP contribution in [-0.2, 0) is 4.79 Å². The lowest BCUT2D eigenvalue weighted by Crippen LogP contribution is -2.37. The van der Waals surface area contributed by atoms with Crippen LogP contribution < -0.4 is 10.6 Å². The van der Waals surface area contributed by atoms with E-state index in [4.69, 9.17) is 0 Å². The van der Waals surface area contributed by atoms with Crippen LogP contribution in [0.5, 0.6) is 0 Å². The van der Waals surface area contributed by atoms with Gasteiger partial charge in [0.15, 0.2) is 5.82 Å². The third kappa shape index (κ3) is 3.83. The van der Waals surface area contributed by atoms with E-state index in [1.807, 2.05) is 0 Å². The van der Waals surface area contributed by atoms with E-state index in [1.54, 1.807) is 6.92 Å². The number of amides is 1. The third-order valence-corrected chi connectivity index (χ3v) is 3.73. The highest BCUT2D eigenvalue weighted by molar-refractivity contribution is 5.93. The topological polar surface area (TPSA) is 84.7 Å². The molecule has 1 saturated heterocycles. The number of aryl methyl sites for hydroxylation is 1. The molecule has 9 heteroatoms. The first-order valence-electron chi connectivity index (χ1n) is 7.21. The predicted molar refractivity (Wildman–Crippen MR) is 85.3 cm³/mol. The molecule has 0 spiro atoms. The van der Waals surface area contributed by atoms with E-state index in [-0.39, 0.29) is 29.9 Å². The molecule has 1 aliphatic heterocycles. The van der Waals surface area contributed by atoms with Gasteiger partial charge in [-0.15, -0.1) is 17.5 Å². The SMILES string of the molecule is Cc1nnnn1-c1cc(NC(=O)C2CCCNC2)ccc1F.Cl. The maximum absolute atomic E-state index is 14.0. The van der Waals surface area contributed by atoms with Crippen LogP contribution in [-0.4, -0.2) is 39.2 Å². The summed E-state index contributed by atoms with van der Waals surface area (Å²) in [6.07, 6.45) is 1.84. The van der Waals surface area contributed by atoms with Gasteiger partial charge in [-0.05, 0) is 54.9 Å². The van der Waals surface area contributed by atoms with Crippen molar-refractivity contribution in [1.29, 1.82) is 0 Å². The minimum absolute atomic E-state index is 0. The van der Waals surface area contributed by atoms with Crippen LogP contribution in [0, 0.1) is 18.7 Å². The zero-order valence-corrected chi connectivity index (χ0v) is 13.4. The number of benzene rings is 1. The van der Waals surface area contributed by atoms with Crippen LogP contribution in [0.1, 0.15) is 18.7 Å². The Balaban J connectivity index is 0.00000192. The van der Waals surface area contributed by atoms with E-state index in [0.717, 1.165) is 19.4 Å². The van der Waals surface area contributed by atoms with Crippen molar-refractivity contribution < 1.29 is 9.18 Å². The van der Waals surface area contributed by atoms with Gasteiger partial charge in [0, 0.05) is 12.2 Å². The molecule has 124 valence electrons. The fourth-order valence-corrected chi connectivity index (χ4v) is 2.53. The molecule has 1 atom stereocenters. The molecule has 1 aromatic carbocycles. The normalized spacial score (nSPS) is 17.4. The van der Waals surface area contributed by atoms with Crippen molar-refractivity contribution >= 4 is 24.0 Å². The van der Waals surface area contributed by atoms with Gasteiger partial charge in [0.2, 0.25) is 5.91 Å². The zero-order valence-electron chi connectivity index (χ0n) is 12.6. The van der Waals surface area contributed by atoms with E-state index < -0.39 is 5.82 Å². The summed E-state index contributed by atoms with van der Waals surface area (Å²) in [6, 6.07) is 4.37. The van der Waals surface area contributed by atoms with E-state index >= 15 is 0 Å². The maximum atomic E-state index is 14.0. The van der Waals surface area contributed by atoms with Crippen molar-refractivity contribution in [2.75, 3.05) is 18.4 Å². The molecule has 3 rings (SSSR count). The second kappa shape index (κ2) is 7.47. The average Bonchev–Trinajstić information content (AvgIpc) is 2.96. The molecule has 1 aliphatic rings. The average molecular weight is 341 g/mol. The van der Waals surface area contributed by atoms with Crippen molar-refractivity contribution in [3.05, 3.63) is 29.8 Å². The van der Waals surface area contributed by atoms with Gasteiger partial charge in [0.05, 0.1) is 5.92 Å². The number of anilines is 1. The summed E-state index contributed by atoms with van der Waals surface area (Å²) < 4.78 is 15.3. The Hall–Kier alpha value is -2.06. The van der Waals surface area contributed by atoms with Crippen LogP contribution in [0.15, 0.2) is 18.2 Å². The van der Waals surface area contributed by atoms with E-state index in [1.165, 1.54) is 22.9 Å². The molecule has 0 bridgehead atoms. The number of nitrogens with zero attached hydrogens (tertiary/aromatic N) is 4. The molecule has 2 N–H and O–H groups in total. The Morgan fingerprint density at radius 1 is 1.48 bits per heavy atom. The van der Waals surface area contributed by atoms with Gasteiger partial charge in [0.25, 0.3) is 0 Å². The Kier molecular flexibility index (Phi) is 5.62. The Labute approximate surface area is 139 Å². The number of tetrazole rings is 1. The van der Waals surface area contributed by atoms with E-state index in [9.17, 15) is 9.18 Å². The molecule has 0 aliphatic carbocycles. The lowest BCUT2D eigenvalue weighted by Gasteiger charge is -2.22. The molecule has 7 nitrogen and oxygen atoms in total. The summed E-state index contributed by atoms with van der Waals surface area (Å²) in [7, 11) is 0. The van der Waals surface area contributed by atoms with Crippen molar-refractivity contribution in [2.24, 2.45) is 5.92 Å². The van der Waals surface area contributed by atoms with Crippen LogP contribution in [0.3, 0.4) is 0 Å². The summed E-state index contributed by atoms with van der Waals surface area (Å²) in [5.74, 6) is -0.0955. The van der Waals surface area contributed by atoms with Gasteiger partial charge in [0.1, 0.15) is 11.5 Å². The number of hydrogen-bond donors (Lipinski definition) is 2. The van der Waals surface area contributed by atoms with Crippen molar-refractivity contribution in [3.63, 3.8) is 0 Å². The van der Waals surface area contributed by atoms with Gasteiger partial charge in [-0.2, -0.15) is 4.68 Å². The van der Waals surface area contributed by atoms with Gasteiger partial charge in [-0.1, -0.05) is 0 Å². The monoisotopic (exact) mass is 340 g/mol.